The van der Waals surface area contributed by atoms with Crippen LogP contribution in [-0.4, -0.2) is 28.8 Å². The van der Waals surface area contributed by atoms with E-state index in [9.17, 15) is 14.7 Å². The minimum Gasteiger partial charge on any atom is -0.481 e. The van der Waals surface area contributed by atoms with E-state index in [4.69, 9.17) is 0 Å². The molecule has 2 N–H and O–H groups in total. The molecule has 2 bridgehead atoms. The zero-order valence-corrected chi connectivity index (χ0v) is 13.2. The van der Waals surface area contributed by atoms with E-state index in [1.54, 1.807) is 11.8 Å². The first-order valence-electron chi connectivity index (χ1n) is 7.37. The van der Waals surface area contributed by atoms with Crippen LogP contribution in [0.3, 0.4) is 0 Å². The van der Waals surface area contributed by atoms with Crippen molar-refractivity contribution in [2.75, 3.05) is 6.54 Å². The number of carboxylic acids is 1. The van der Waals surface area contributed by atoms with Gasteiger partial charge in [0.15, 0.2) is 0 Å². The van der Waals surface area contributed by atoms with Gasteiger partial charge in [-0.2, -0.15) is 0 Å². The smallest absolute Gasteiger partial charge is 0.308 e. The summed E-state index contributed by atoms with van der Waals surface area (Å²) in [4.78, 5) is 24.3. The molecular weight excluding hydrogens is 286 g/mol. The number of carbonyl (C=O) groups is 2. The van der Waals surface area contributed by atoms with Crippen molar-refractivity contribution in [1.29, 1.82) is 0 Å². The number of aliphatic carboxylic acids is 1. The lowest BCUT2D eigenvalue weighted by molar-refractivity contribution is -0.150. The van der Waals surface area contributed by atoms with Crippen LogP contribution in [0.1, 0.15) is 26.7 Å². The third-order valence-electron chi connectivity index (χ3n) is 5.18. The highest BCUT2D eigenvalue weighted by Gasteiger charge is 2.63. The van der Waals surface area contributed by atoms with Crippen molar-refractivity contribution in [2.24, 2.45) is 22.7 Å². The molecule has 1 saturated carbocycles. The molecule has 0 radical (unpaired) electrons. The average Bonchev–Trinajstić information content (AvgIpc) is 3.06. The monoisotopic (exact) mass is 307 g/mol. The van der Waals surface area contributed by atoms with Gasteiger partial charge < -0.3 is 10.4 Å². The predicted molar refractivity (Wildman–Crippen MR) is 82.7 cm³/mol. The molecule has 1 unspecified atom stereocenters. The summed E-state index contributed by atoms with van der Waals surface area (Å²) in [6.45, 7) is 4.57. The van der Waals surface area contributed by atoms with E-state index in [-0.39, 0.29) is 11.3 Å². The number of carboxylic acid groups (broad SMARTS) is 1. The Bertz CT molecular complexity index is 536. The fraction of sp³-hybridized carbons (Fsp3) is 0.625. The van der Waals surface area contributed by atoms with Gasteiger partial charge in [0.2, 0.25) is 5.91 Å². The van der Waals surface area contributed by atoms with Gasteiger partial charge in [-0.3, -0.25) is 9.59 Å². The molecule has 0 aromatic heterocycles. The topological polar surface area (TPSA) is 66.4 Å². The molecule has 1 amide bonds. The number of amides is 1. The SMILES string of the molecule is C[C@]12C=C[C@](C)(C1)[C@H](C(=O)O)[C@H]2C(=O)NCC1CC=CS1. The van der Waals surface area contributed by atoms with E-state index < -0.39 is 23.2 Å². The second-order valence-electron chi connectivity index (χ2n) is 6.93. The first-order valence-corrected chi connectivity index (χ1v) is 8.31. The Morgan fingerprint density at radius 2 is 1.95 bits per heavy atom. The summed E-state index contributed by atoms with van der Waals surface area (Å²) >= 11 is 1.72. The maximum atomic E-state index is 12.6. The van der Waals surface area contributed by atoms with Crippen molar-refractivity contribution < 1.29 is 14.7 Å². The fourth-order valence-electron chi connectivity index (χ4n) is 4.27. The zero-order valence-electron chi connectivity index (χ0n) is 12.3. The normalized spacial score (nSPS) is 43.4. The molecule has 0 spiro atoms. The van der Waals surface area contributed by atoms with Gasteiger partial charge in [0.05, 0.1) is 11.8 Å². The third kappa shape index (κ3) is 2.31. The number of nitrogens with one attached hydrogen (secondary N) is 1. The van der Waals surface area contributed by atoms with Crippen LogP contribution in [0.15, 0.2) is 23.6 Å². The molecule has 1 aliphatic heterocycles. The summed E-state index contributed by atoms with van der Waals surface area (Å²) in [6.07, 6.45) is 7.85. The number of carbonyl (C=O) groups excluding carboxylic acids is 1. The van der Waals surface area contributed by atoms with Crippen molar-refractivity contribution in [2.45, 2.75) is 31.9 Å². The first-order chi connectivity index (χ1) is 9.86. The summed E-state index contributed by atoms with van der Waals surface area (Å²) in [6, 6.07) is 0. The zero-order chi connectivity index (χ0) is 15.3. The Morgan fingerprint density at radius 1 is 1.29 bits per heavy atom. The van der Waals surface area contributed by atoms with E-state index in [1.165, 1.54) is 0 Å². The Kier molecular flexibility index (Phi) is 3.43. The number of rotatable bonds is 4. The minimum absolute atomic E-state index is 0.106. The maximum absolute atomic E-state index is 12.6. The van der Waals surface area contributed by atoms with Gasteiger partial charge in [0, 0.05) is 17.2 Å². The summed E-state index contributed by atoms with van der Waals surface area (Å²) in [5.74, 6) is -2.06. The van der Waals surface area contributed by atoms with Crippen LogP contribution in [0, 0.1) is 22.7 Å². The molecule has 1 fully saturated rings. The van der Waals surface area contributed by atoms with Crippen LogP contribution in [0.4, 0.5) is 0 Å². The fourth-order valence-corrected chi connectivity index (χ4v) is 5.12. The molecule has 0 aromatic carbocycles. The second-order valence-corrected chi connectivity index (χ2v) is 8.14. The lowest BCUT2D eigenvalue weighted by atomic mass is 9.71. The molecule has 3 aliphatic rings. The summed E-state index contributed by atoms with van der Waals surface area (Å²) in [5, 5.41) is 15.0. The molecule has 1 heterocycles. The predicted octanol–water partition coefficient (Wildman–Crippen LogP) is 2.42. The summed E-state index contributed by atoms with van der Waals surface area (Å²) in [7, 11) is 0. The first kappa shape index (κ1) is 14.7. The highest BCUT2D eigenvalue weighted by Crippen LogP contribution is 2.63. The van der Waals surface area contributed by atoms with Gasteiger partial charge in [-0.25, -0.2) is 0 Å². The molecule has 21 heavy (non-hydrogen) atoms. The van der Waals surface area contributed by atoms with E-state index >= 15 is 0 Å². The Balaban J connectivity index is 1.74. The van der Waals surface area contributed by atoms with Crippen LogP contribution in [-0.2, 0) is 9.59 Å². The van der Waals surface area contributed by atoms with Gasteiger partial charge >= 0.3 is 5.97 Å². The molecule has 114 valence electrons. The number of hydrogen-bond acceptors (Lipinski definition) is 3. The number of fused-ring (bicyclic) bond motifs is 2. The van der Waals surface area contributed by atoms with E-state index in [0.717, 1.165) is 12.8 Å². The summed E-state index contributed by atoms with van der Waals surface area (Å²) in [5.41, 5.74) is -0.727. The van der Waals surface area contributed by atoms with E-state index in [0.29, 0.717) is 11.8 Å². The van der Waals surface area contributed by atoms with Gasteiger partial charge in [0.1, 0.15) is 0 Å². The van der Waals surface area contributed by atoms with Gasteiger partial charge in [-0.15, -0.1) is 11.8 Å². The maximum Gasteiger partial charge on any atom is 0.308 e. The Hall–Kier alpha value is -1.23. The largest absolute Gasteiger partial charge is 0.481 e. The Morgan fingerprint density at radius 3 is 2.52 bits per heavy atom. The van der Waals surface area contributed by atoms with Crippen LogP contribution in [0.2, 0.25) is 0 Å². The highest BCUT2D eigenvalue weighted by molar-refractivity contribution is 8.03. The van der Waals surface area contributed by atoms with Crippen LogP contribution in [0.25, 0.3) is 0 Å². The van der Waals surface area contributed by atoms with Crippen LogP contribution < -0.4 is 5.32 Å². The van der Waals surface area contributed by atoms with Crippen LogP contribution >= 0.6 is 11.8 Å². The van der Waals surface area contributed by atoms with Crippen molar-refractivity contribution in [3.8, 4) is 0 Å². The summed E-state index contributed by atoms with van der Waals surface area (Å²) < 4.78 is 0. The molecule has 0 saturated heterocycles. The lowest BCUT2D eigenvalue weighted by Gasteiger charge is -2.33. The third-order valence-corrected chi connectivity index (χ3v) is 6.27. The molecule has 3 rings (SSSR count). The van der Waals surface area contributed by atoms with Crippen molar-refractivity contribution >= 4 is 23.6 Å². The van der Waals surface area contributed by atoms with Crippen molar-refractivity contribution in [3.05, 3.63) is 23.6 Å². The number of hydrogen-bond donors (Lipinski definition) is 2. The molecule has 5 atom stereocenters. The molecular formula is C16H21NO3S. The van der Waals surface area contributed by atoms with Crippen LogP contribution in [0.5, 0.6) is 0 Å². The molecule has 2 aliphatic carbocycles. The lowest BCUT2D eigenvalue weighted by Crippen LogP contribution is -2.46. The molecule has 5 heteroatoms. The van der Waals surface area contributed by atoms with Crippen molar-refractivity contribution in [1.82, 2.24) is 5.32 Å². The average molecular weight is 307 g/mol. The molecule has 4 nitrogen and oxygen atoms in total. The number of thioether (sulfide) groups is 1. The van der Waals surface area contributed by atoms with Gasteiger partial charge in [0.25, 0.3) is 0 Å². The second kappa shape index (κ2) is 4.90. The van der Waals surface area contributed by atoms with E-state index in [1.807, 2.05) is 26.0 Å². The Labute approximate surface area is 129 Å². The standard InChI is InChI=1S/C16H21NO3S/c1-15-5-6-16(2,9-15)12(14(19)20)11(15)13(18)17-8-10-4-3-7-21-10/h3,5-7,10-12H,4,8-9H2,1-2H3,(H,17,18)(H,19,20)/t10?,11-,12-,15-,16+/m0/s1. The highest BCUT2D eigenvalue weighted by atomic mass is 32.2. The van der Waals surface area contributed by atoms with Crippen molar-refractivity contribution in [3.63, 3.8) is 0 Å². The quantitative estimate of drug-likeness (QED) is 0.783. The minimum atomic E-state index is -0.859. The van der Waals surface area contributed by atoms with Gasteiger partial charge in [-0.1, -0.05) is 32.1 Å². The van der Waals surface area contributed by atoms with E-state index in [2.05, 4.69) is 16.8 Å². The number of allylic oxidation sites excluding steroid dienone is 3. The molecule has 0 aromatic rings. The van der Waals surface area contributed by atoms with Gasteiger partial charge in [-0.05, 0) is 23.7 Å².